The van der Waals surface area contributed by atoms with Crippen LogP contribution in [0.2, 0.25) is 0 Å². The summed E-state index contributed by atoms with van der Waals surface area (Å²) in [4.78, 5) is 14.3. The van der Waals surface area contributed by atoms with Crippen LogP contribution in [0.5, 0.6) is 0 Å². The minimum Gasteiger partial charge on any atom is -0.355 e. The number of carbonyl (C=O) groups is 1. The third-order valence-corrected chi connectivity index (χ3v) is 3.77. The fraction of sp³-hybridized carbons (Fsp3) is 0.615. The molecular formula is C13H22N2OS. The summed E-state index contributed by atoms with van der Waals surface area (Å²) < 4.78 is 0. The van der Waals surface area contributed by atoms with Crippen LogP contribution in [-0.4, -0.2) is 18.5 Å². The summed E-state index contributed by atoms with van der Waals surface area (Å²) in [6, 6.07) is 2.24. The molecule has 0 aliphatic heterocycles. The maximum absolute atomic E-state index is 11.6. The molecule has 0 saturated carbocycles. The molecule has 0 fully saturated rings. The predicted octanol–water partition coefficient (Wildman–Crippen LogP) is 2.54. The average molecular weight is 254 g/mol. The van der Waals surface area contributed by atoms with E-state index in [0.717, 1.165) is 0 Å². The van der Waals surface area contributed by atoms with E-state index in [1.807, 2.05) is 13.8 Å². The Bertz CT molecular complexity index is 387. The smallest absolute Gasteiger partial charge is 0.236 e. The first-order valence-corrected chi connectivity index (χ1v) is 6.88. The number of amides is 1. The van der Waals surface area contributed by atoms with E-state index >= 15 is 0 Å². The van der Waals surface area contributed by atoms with E-state index < -0.39 is 0 Å². The normalized spacial score (nSPS) is 14.4. The Morgan fingerprint density at radius 3 is 2.53 bits per heavy atom. The van der Waals surface area contributed by atoms with E-state index in [9.17, 15) is 4.79 Å². The maximum atomic E-state index is 11.6. The van der Waals surface area contributed by atoms with Crippen LogP contribution in [0, 0.1) is 13.8 Å². The second kappa shape index (κ2) is 6.17. The number of thiophene rings is 1. The van der Waals surface area contributed by atoms with Crippen LogP contribution < -0.4 is 10.6 Å². The summed E-state index contributed by atoms with van der Waals surface area (Å²) in [5.41, 5.74) is 1.30. The Morgan fingerprint density at radius 1 is 1.41 bits per heavy atom. The van der Waals surface area contributed by atoms with Gasteiger partial charge in [-0.3, -0.25) is 10.1 Å². The van der Waals surface area contributed by atoms with Crippen LogP contribution in [0.25, 0.3) is 0 Å². The standard InChI is InChI=1S/C13H22N2OS/c1-6-14-13(16)10(4)15-9(3)12-7-8(2)17-11(12)5/h7,9-10,15H,6H2,1-5H3,(H,14,16). The van der Waals surface area contributed by atoms with Crippen LogP contribution in [-0.2, 0) is 4.79 Å². The Labute approximate surface area is 108 Å². The molecule has 0 spiro atoms. The SMILES string of the molecule is CCNC(=O)C(C)NC(C)c1cc(C)sc1C. The van der Waals surface area contributed by atoms with Crippen molar-refractivity contribution in [2.75, 3.05) is 6.54 Å². The highest BCUT2D eigenvalue weighted by Crippen LogP contribution is 2.26. The molecule has 0 aromatic carbocycles. The Hall–Kier alpha value is -0.870. The van der Waals surface area contributed by atoms with Crippen molar-refractivity contribution in [3.63, 3.8) is 0 Å². The van der Waals surface area contributed by atoms with Crippen LogP contribution in [0.1, 0.15) is 42.1 Å². The van der Waals surface area contributed by atoms with E-state index in [4.69, 9.17) is 0 Å². The van der Waals surface area contributed by atoms with Gasteiger partial charge in [0.2, 0.25) is 5.91 Å². The summed E-state index contributed by atoms with van der Waals surface area (Å²) in [6.07, 6.45) is 0. The van der Waals surface area contributed by atoms with Crippen molar-refractivity contribution < 1.29 is 4.79 Å². The first kappa shape index (κ1) is 14.2. The van der Waals surface area contributed by atoms with Crippen molar-refractivity contribution in [1.29, 1.82) is 0 Å². The largest absolute Gasteiger partial charge is 0.355 e. The van der Waals surface area contributed by atoms with Gasteiger partial charge in [0.15, 0.2) is 0 Å². The molecule has 4 heteroatoms. The van der Waals surface area contributed by atoms with Crippen LogP contribution in [0.3, 0.4) is 0 Å². The Kier molecular flexibility index (Phi) is 5.15. The van der Waals surface area contributed by atoms with Gasteiger partial charge in [-0.15, -0.1) is 11.3 Å². The fourth-order valence-electron chi connectivity index (χ4n) is 1.95. The zero-order valence-electron chi connectivity index (χ0n) is 11.3. The lowest BCUT2D eigenvalue weighted by Crippen LogP contribution is -2.43. The number of rotatable bonds is 5. The summed E-state index contributed by atoms with van der Waals surface area (Å²) >= 11 is 1.80. The molecule has 1 rings (SSSR count). The van der Waals surface area contributed by atoms with E-state index in [0.29, 0.717) is 6.54 Å². The number of aryl methyl sites for hydroxylation is 2. The van der Waals surface area contributed by atoms with Crippen molar-refractivity contribution in [2.24, 2.45) is 0 Å². The van der Waals surface area contributed by atoms with Gasteiger partial charge in [-0.25, -0.2) is 0 Å². The topological polar surface area (TPSA) is 41.1 Å². The monoisotopic (exact) mass is 254 g/mol. The molecule has 2 atom stereocenters. The van der Waals surface area contributed by atoms with Crippen LogP contribution in [0.15, 0.2) is 6.07 Å². The number of hydrogen-bond acceptors (Lipinski definition) is 3. The van der Waals surface area contributed by atoms with Crippen LogP contribution >= 0.6 is 11.3 Å². The molecule has 2 N–H and O–H groups in total. The molecule has 2 unspecified atom stereocenters. The van der Waals surface area contributed by atoms with E-state index in [1.54, 1.807) is 11.3 Å². The molecule has 0 radical (unpaired) electrons. The molecule has 0 aliphatic rings. The van der Waals surface area contributed by atoms with Gasteiger partial charge in [-0.2, -0.15) is 0 Å². The van der Waals surface area contributed by atoms with Crippen molar-refractivity contribution in [1.82, 2.24) is 10.6 Å². The molecule has 1 amide bonds. The number of likely N-dealkylation sites (N-methyl/N-ethyl adjacent to an activating group) is 1. The molecule has 3 nitrogen and oxygen atoms in total. The van der Waals surface area contributed by atoms with Gasteiger partial charge < -0.3 is 5.32 Å². The first-order valence-electron chi connectivity index (χ1n) is 6.06. The Balaban J connectivity index is 2.63. The summed E-state index contributed by atoms with van der Waals surface area (Å²) in [5, 5.41) is 6.15. The second-order valence-corrected chi connectivity index (χ2v) is 5.83. The second-order valence-electron chi connectivity index (χ2n) is 4.37. The molecule has 0 bridgehead atoms. The lowest BCUT2D eigenvalue weighted by atomic mass is 10.1. The molecule has 1 aromatic rings. The highest BCUT2D eigenvalue weighted by atomic mass is 32.1. The highest BCUT2D eigenvalue weighted by molar-refractivity contribution is 7.12. The minimum atomic E-state index is -0.162. The van der Waals surface area contributed by atoms with Crippen LogP contribution in [0.4, 0.5) is 0 Å². The first-order chi connectivity index (χ1) is 7.95. The van der Waals surface area contributed by atoms with Gasteiger partial charge in [0.05, 0.1) is 6.04 Å². The molecular weight excluding hydrogens is 232 g/mol. The summed E-state index contributed by atoms with van der Waals surface area (Å²) in [7, 11) is 0. The number of carbonyl (C=O) groups excluding carboxylic acids is 1. The average Bonchev–Trinajstić information content (AvgIpc) is 2.58. The Morgan fingerprint density at radius 2 is 2.06 bits per heavy atom. The quantitative estimate of drug-likeness (QED) is 0.848. The molecule has 1 aromatic heterocycles. The summed E-state index contributed by atoms with van der Waals surface area (Å²) in [5.74, 6) is 0.0592. The molecule has 0 aliphatic carbocycles. The third kappa shape index (κ3) is 3.82. The number of nitrogens with one attached hydrogen (secondary N) is 2. The lowest BCUT2D eigenvalue weighted by molar-refractivity contribution is -0.122. The van der Waals surface area contributed by atoms with Crippen molar-refractivity contribution in [3.8, 4) is 0 Å². The summed E-state index contributed by atoms with van der Waals surface area (Å²) in [6.45, 7) is 10.8. The van der Waals surface area contributed by atoms with Gasteiger partial charge in [0, 0.05) is 22.3 Å². The third-order valence-electron chi connectivity index (χ3n) is 2.79. The predicted molar refractivity (Wildman–Crippen MR) is 73.5 cm³/mol. The van der Waals surface area contributed by atoms with Gasteiger partial charge in [-0.05, 0) is 46.2 Å². The zero-order chi connectivity index (χ0) is 13.0. The highest BCUT2D eigenvalue weighted by Gasteiger charge is 2.17. The van der Waals surface area contributed by atoms with Gasteiger partial charge in [0.1, 0.15) is 0 Å². The van der Waals surface area contributed by atoms with E-state index in [2.05, 4.69) is 37.5 Å². The van der Waals surface area contributed by atoms with E-state index in [1.165, 1.54) is 15.3 Å². The van der Waals surface area contributed by atoms with Gasteiger partial charge in [0.25, 0.3) is 0 Å². The number of hydrogen-bond donors (Lipinski definition) is 2. The molecule has 1 heterocycles. The fourth-order valence-corrected chi connectivity index (χ4v) is 2.97. The molecule has 96 valence electrons. The van der Waals surface area contributed by atoms with Crippen molar-refractivity contribution >= 4 is 17.2 Å². The molecule has 0 saturated heterocycles. The van der Waals surface area contributed by atoms with Crippen molar-refractivity contribution in [2.45, 2.75) is 46.7 Å². The lowest BCUT2D eigenvalue weighted by Gasteiger charge is -2.19. The van der Waals surface area contributed by atoms with Crippen molar-refractivity contribution in [3.05, 3.63) is 21.4 Å². The van der Waals surface area contributed by atoms with Gasteiger partial charge in [-0.1, -0.05) is 0 Å². The maximum Gasteiger partial charge on any atom is 0.236 e. The molecule has 17 heavy (non-hydrogen) atoms. The van der Waals surface area contributed by atoms with Gasteiger partial charge >= 0.3 is 0 Å². The zero-order valence-corrected chi connectivity index (χ0v) is 12.1. The van der Waals surface area contributed by atoms with E-state index in [-0.39, 0.29) is 18.0 Å². The minimum absolute atomic E-state index is 0.0592.